The average molecular weight is 239 g/mol. The number of hydrogen-bond acceptors (Lipinski definition) is 1. The monoisotopic (exact) mass is 239 g/mol. The molecule has 0 aliphatic heterocycles. The molecule has 0 fully saturated rings. The van der Waals surface area contributed by atoms with Crippen molar-refractivity contribution in [1.82, 2.24) is 0 Å². The second-order valence-electron chi connectivity index (χ2n) is 7.20. The molecule has 0 aromatic heterocycles. The third-order valence-electron chi connectivity index (χ3n) is 3.59. The first kappa shape index (κ1) is 15.5. The maximum absolute atomic E-state index is 6.01. The molecule has 0 saturated carbocycles. The van der Waals surface area contributed by atoms with E-state index in [9.17, 15) is 0 Å². The second-order valence-corrected chi connectivity index (χ2v) is 12.5. The van der Waals surface area contributed by atoms with Crippen molar-refractivity contribution in [1.29, 1.82) is 0 Å². The van der Waals surface area contributed by atoms with Crippen LogP contribution in [0.1, 0.15) is 41.5 Å². The van der Waals surface area contributed by atoms with Crippen molar-refractivity contribution in [3.63, 3.8) is 0 Å². The molecule has 0 spiro atoms. The fourth-order valence-electron chi connectivity index (χ4n) is 0.892. The normalized spacial score (nSPS) is 15.9. The summed E-state index contributed by atoms with van der Waals surface area (Å²) in [6.07, 6.45) is 4.21. The molecule has 94 valence electrons. The highest BCUT2D eigenvalue weighted by atomic mass is 28.3. The highest BCUT2D eigenvalue weighted by Crippen LogP contribution is 2.36. The summed E-state index contributed by atoms with van der Waals surface area (Å²) in [6, 6.07) is 0. The van der Waals surface area contributed by atoms with Crippen LogP contribution >= 0.6 is 0 Å². The van der Waals surface area contributed by atoms with Crippen LogP contribution in [0.5, 0.6) is 0 Å². The van der Waals surface area contributed by atoms with E-state index in [2.05, 4.69) is 72.5 Å². The van der Waals surface area contributed by atoms with Gasteiger partial charge >= 0.3 is 0 Å². The fraction of sp³-hybridized carbons (Fsp3) is 0.714. The first-order chi connectivity index (χ1) is 6.88. The lowest BCUT2D eigenvalue weighted by Crippen LogP contribution is -2.34. The topological polar surface area (TPSA) is 26.0 Å². The Bertz CT molecular complexity index is 285. The molecule has 0 aromatic rings. The van der Waals surface area contributed by atoms with Crippen molar-refractivity contribution in [2.75, 3.05) is 0 Å². The van der Waals surface area contributed by atoms with Gasteiger partial charge in [0.15, 0.2) is 0 Å². The van der Waals surface area contributed by atoms with E-state index in [1.165, 1.54) is 0 Å². The quantitative estimate of drug-likeness (QED) is 0.558. The predicted molar refractivity (Wildman–Crippen MR) is 78.1 cm³/mol. The first-order valence-corrected chi connectivity index (χ1v) is 9.11. The third-order valence-corrected chi connectivity index (χ3v) is 8.48. The fourth-order valence-corrected chi connectivity index (χ4v) is 1.97. The van der Waals surface area contributed by atoms with Gasteiger partial charge in [-0.25, -0.2) is 0 Å². The van der Waals surface area contributed by atoms with Gasteiger partial charge in [-0.1, -0.05) is 66.4 Å². The van der Waals surface area contributed by atoms with Crippen LogP contribution in [0, 0.1) is 5.41 Å². The maximum Gasteiger partial charge on any atom is 0.0770 e. The molecule has 2 N–H and O–H groups in total. The zero-order valence-corrected chi connectivity index (χ0v) is 13.3. The Morgan fingerprint density at radius 1 is 1.00 bits per heavy atom. The Morgan fingerprint density at radius 2 is 1.44 bits per heavy atom. The van der Waals surface area contributed by atoms with Crippen LogP contribution in [0.2, 0.25) is 18.1 Å². The Morgan fingerprint density at radius 3 is 1.75 bits per heavy atom. The van der Waals surface area contributed by atoms with Gasteiger partial charge in [-0.05, 0) is 11.1 Å². The minimum absolute atomic E-state index is 0.0672. The van der Waals surface area contributed by atoms with E-state index in [1.54, 1.807) is 0 Å². The Balaban J connectivity index is 4.78. The van der Waals surface area contributed by atoms with Crippen molar-refractivity contribution in [2.45, 2.75) is 59.7 Å². The molecule has 0 rings (SSSR count). The molecule has 2 heteroatoms. The molecule has 0 aliphatic carbocycles. The van der Waals surface area contributed by atoms with Crippen molar-refractivity contribution >= 4 is 8.07 Å². The van der Waals surface area contributed by atoms with Gasteiger partial charge in [0.05, 0.1) is 8.07 Å². The SMILES string of the molecule is CC(C)(C)C(N)=CC=C[Si](C)(C)C(C)(C)C. The van der Waals surface area contributed by atoms with Gasteiger partial charge < -0.3 is 5.73 Å². The molecule has 0 saturated heterocycles. The van der Waals surface area contributed by atoms with Gasteiger partial charge in [0, 0.05) is 11.1 Å². The van der Waals surface area contributed by atoms with Crippen molar-refractivity contribution in [3.05, 3.63) is 23.5 Å². The Kier molecular flexibility index (Phi) is 4.63. The smallest absolute Gasteiger partial charge is 0.0770 e. The van der Waals surface area contributed by atoms with Crippen molar-refractivity contribution < 1.29 is 0 Å². The van der Waals surface area contributed by atoms with Crippen LogP contribution in [0.3, 0.4) is 0 Å². The zero-order chi connectivity index (χ0) is 13.2. The summed E-state index contributed by atoms with van der Waals surface area (Å²) in [5, 5.41) is 0.397. The van der Waals surface area contributed by atoms with Crippen molar-refractivity contribution in [2.24, 2.45) is 11.1 Å². The van der Waals surface area contributed by atoms with Gasteiger partial charge in [-0.15, -0.1) is 0 Å². The highest BCUT2D eigenvalue weighted by Gasteiger charge is 2.32. The second kappa shape index (κ2) is 4.78. The minimum atomic E-state index is -1.31. The molecule has 16 heavy (non-hydrogen) atoms. The highest BCUT2D eigenvalue weighted by molar-refractivity contribution is 6.84. The van der Waals surface area contributed by atoms with Crippen LogP contribution in [-0.4, -0.2) is 8.07 Å². The number of allylic oxidation sites excluding steroid dienone is 3. The molecule has 0 aliphatic rings. The number of hydrogen-bond donors (Lipinski definition) is 1. The van der Waals surface area contributed by atoms with Crippen LogP contribution in [-0.2, 0) is 0 Å². The summed E-state index contributed by atoms with van der Waals surface area (Å²) < 4.78 is 0. The number of rotatable bonds is 2. The Hall–Kier alpha value is -0.503. The van der Waals surface area contributed by atoms with Gasteiger partial charge in [0.2, 0.25) is 0 Å². The molecule has 0 unspecified atom stereocenters. The minimum Gasteiger partial charge on any atom is -0.402 e. The molecular formula is C14H29NSi. The molecule has 1 nitrogen and oxygen atoms in total. The van der Waals surface area contributed by atoms with E-state index in [4.69, 9.17) is 5.73 Å². The van der Waals surface area contributed by atoms with Gasteiger partial charge in [0.1, 0.15) is 0 Å². The lowest BCUT2D eigenvalue weighted by Gasteiger charge is -2.34. The van der Waals surface area contributed by atoms with Gasteiger partial charge in [-0.3, -0.25) is 0 Å². The molecule has 0 atom stereocenters. The summed E-state index contributed by atoms with van der Waals surface area (Å²) in [5.74, 6) is 0. The van der Waals surface area contributed by atoms with Gasteiger partial charge in [-0.2, -0.15) is 0 Å². The number of nitrogens with two attached hydrogens (primary N) is 1. The van der Waals surface area contributed by atoms with Crippen LogP contribution in [0.25, 0.3) is 0 Å². The van der Waals surface area contributed by atoms with E-state index in [-0.39, 0.29) is 5.41 Å². The van der Waals surface area contributed by atoms with Crippen molar-refractivity contribution in [3.8, 4) is 0 Å². The molecule has 0 radical (unpaired) electrons. The lowest BCUT2D eigenvalue weighted by atomic mass is 9.92. The standard InChI is InChI=1S/C14H29NSi/c1-13(2,3)12(15)10-9-11-16(7,8)14(4,5)6/h9-11H,15H2,1-8H3. The van der Waals surface area contributed by atoms with E-state index in [0.29, 0.717) is 5.04 Å². The molecule has 0 aromatic carbocycles. The summed E-state index contributed by atoms with van der Waals surface area (Å²) in [4.78, 5) is 0. The molecule has 0 bridgehead atoms. The largest absolute Gasteiger partial charge is 0.402 e. The molecule has 0 amide bonds. The van der Waals surface area contributed by atoms with E-state index >= 15 is 0 Å². The van der Waals surface area contributed by atoms with Crippen LogP contribution in [0.4, 0.5) is 0 Å². The van der Waals surface area contributed by atoms with Gasteiger partial charge in [0.25, 0.3) is 0 Å². The average Bonchev–Trinajstić information content (AvgIpc) is 1.99. The van der Waals surface area contributed by atoms with Crippen LogP contribution < -0.4 is 5.73 Å². The van der Waals surface area contributed by atoms with E-state index < -0.39 is 8.07 Å². The lowest BCUT2D eigenvalue weighted by molar-refractivity contribution is 0.497. The predicted octanol–water partition coefficient (Wildman–Crippen LogP) is 4.48. The summed E-state index contributed by atoms with van der Waals surface area (Å²) in [7, 11) is -1.31. The summed E-state index contributed by atoms with van der Waals surface area (Å²) in [6.45, 7) is 18.2. The maximum atomic E-state index is 6.01. The Labute approximate surface area is 103 Å². The van der Waals surface area contributed by atoms with Crippen LogP contribution in [0.15, 0.2) is 23.5 Å². The van der Waals surface area contributed by atoms with E-state index in [1.807, 2.05) is 0 Å². The molecule has 0 heterocycles. The molecular weight excluding hydrogens is 210 g/mol. The summed E-state index contributed by atoms with van der Waals surface area (Å²) in [5.41, 5.74) is 9.41. The zero-order valence-electron chi connectivity index (χ0n) is 12.3. The van der Waals surface area contributed by atoms with E-state index in [0.717, 1.165) is 5.70 Å². The first-order valence-electron chi connectivity index (χ1n) is 6.03. The third kappa shape index (κ3) is 4.56. The summed E-state index contributed by atoms with van der Waals surface area (Å²) >= 11 is 0.